The van der Waals surface area contributed by atoms with Crippen LogP contribution in [0.2, 0.25) is 5.15 Å². The molecule has 0 amide bonds. The molecule has 0 aliphatic carbocycles. The minimum atomic E-state index is -2.56. The van der Waals surface area contributed by atoms with Crippen LogP contribution in [0.1, 0.15) is 18.2 Å². The minimum Gasteiger partial charge on any atom is -0.364 e. The molecular formula is C18H16ClF2N7. The standard InChI is InChI=1S/C18H16ClF2N7/c1-2-11-3-10-6-24-28(14(10)7-22-11)12-5-18(17(20)21)9-23-16-13(27(18)8-12)4-15(19)25-26-16/h2-4,6-7,12,17H,1,5,8-9H2,(H,23,26)/t12-,18-/m1/s1. The van der Waals surface area contributed by atoms with Crippen molar-refractivity contribution >= 4 is 40.1 Å². The van der Waals surface area contributed by atoms with E-state index in [1.165, 1.54) is 0 Å². The van der Waals surface area contributed by atoms with Crippen LogP contribution in [0.25, 0.3) is 17.0 Å². The molecule has 0 radical (unpaired) electrons. The molecule has 28 heavy (non-hydrogen) atoms. The molecule has 0 spiro atoms. The molecule has 3 aromatic heterocycles. The predicted molar refractivity (Wildman–Crippen MR) is 103 cm³/mol. The van der Waals surface area contributed by atoms with E-state index in [1.54, 1.807) is 34.1 Å². The smallest absolute Gasteiger partial charge is 0.263 e. The molecule has 2 aliphatic rings. The van der Waals surface area contributed by atoms with Crippen molar-refractivity contribution in [1.82, 2.24) is 25.0 Å². The molecule has 10 heteroatoms. The predicted octanol–water partition coefficient (Wildman–Crippen LogP) is 3.40. The van der Waals surface area contributed by atoms with E-state index in [2.05, 4.69) is 32.2 Å². The van der Waals surface area contributed by atoms with Gasteiger partial charge in [-0.3, -0.25) is 9.67 Å². The highest BCUT2D eigenvalue weighted by atomic mass is 35.5. The summed E-state index contributed by atoms with van der Waals surface area (Å²) in [4.78, 5) is 6.03. The Morgan fingerprint density at radius 1 is 1.32 bits per heavy atom. The van der Waals surface area contributed by atoms with Crippen molar-refractivity contribution in [3.05, 3.63) is 42.0 Å². The second kappa shape index (κ2) is 6.10. The second-order valence-corrected chi connectivity index (χ2v) is 7.48. The third-order valence-electron chi connectivity index (χ3n) is 5.58. The number of nitrogens with zero attached hydrogens (tertiary/aromatic N) is 6. The highest BCUT2D eigenvalue weighted by Gasteiger charge is 2.55. The first-order chi connectivity index (χ1) is 13.5. The van der Waals surface area contributed by atoms with Crippen molar-refractivity contribution in [3.8, 4) is 0 Å². The van der Waals surface area contributed by atoms with Gasteiger partial charge in [-0.15, -0.1) is 10.2 Å². The average molecular weight is 404 g/mol. The van der Waals surface area contributed by atoms with E-state index in [1.807, 2.05) is 6.07 Å². The highest BCUT2D eigenvalue weighted by molar-refractivity contribution is 6.29. The summed E-state index contributed by atoms with van der Waals surface area (Å²) in [6.45, 7) is 4.15. The van der Waals surface area contributed by atoms with Gasteiger partial charge in [0.15, 0.2) is 11.0 Å². The number of aromatic nitrogens is 5. The van der Waals surface area contributed by atoms with Gasteiger partial charge in [-0.1, -0.05) is 18.2 Å². The van der Waals surface area contributed by atoms with Crippen LogP contribution >= 0.6 is 11.6 Å². The monoisotopic (exact) mass is 403 g/mol. The number of halogens is 3. The number of alkyl halides is 2. The summed E-state index contributed by atoms with van der Waals surface area (Å²) in [7, 11) is 0. The van der Waals surface area contributed by atoms with E-state index in [4.69, 9.17) is 11.6 Å². The number of nitrogens with one attached hydrogen (secondary N) is 1. The molecule has 1 fully saturated rings. The first-order valence-electron chi connectivity index (χ1n) is 8.80. The summed E-state index contributed by atoms with van der Waals surface area (Å²) in [5, 5.41) is 16.3. The van der Waals surface area contributed by atoms with Crippen molar-refractivity contribution in [2.24, 2.45) is 0 Å². The highest BCUT2D eigenvalue weighted by Crippen LogP contribution is 2.48. The van der Waals surface area contributed by atoms with E-state index in [0.717, 1.165) is 16.6 Å². The number of pyridine rings is 1. The lowest BCUT2D eigenvalue weighted by Crippen LogP contribution is -2.57. The molecular weight excluding hydrogens is 388 g/mol. The van der Waals surface area contributed by atoms with Gasteiger partial charge >= 0.3 is 0 Å². The van der Waals surface area contributed by atoms with Crippen LogP contribution < -0.4 is 10.2 Å². The van der Waals surface area contributed by atoms with Crippen LogP contribution in [0.4, 0.5) is 20.3 Å². The molecule has 2 atom stereocenters. The Kier molecular flexibility index (Phi) is 3.77. The Balaban J connectivity index is 1.59. The zero-order chi connectivity index (χ0) is 19.5. The molecule has 0 unspecified atom stereocenters. The zero-order valence-corrected chi connectivity index (χ0v) is 15.4. The largest absolute Gasteiger partial charge is 0.364 e. The molecule has 5 heterocycles. The van der Waals surface area contributed by atoms with Crippen molar-refractivity contribution < 1.29 is 8.78 Å². The number of fused-ring (bicyclic) bond motifs is 4. The Morgan fingerprint density at radius 2 is 2.18 bits per heavy atom. The van der Waals surface area contributed by atoms with E-state index < -0.39 is 12.0 Å². The lowest BCUT2D eigenvalue weighted by molar-refractivity contribution is 0.0587. The molecule has 0 saturated carbocycles. The Labute approximate surface area is 164 Å². The van der Waals surface area contributed by atoms with E-state index >= 15 is 0 Å². The molecule has 1 N–H and O–H groups in total. The van der Waals surface area contributed by atoms with Gasteiger partial charge in [-0.2, -0.15) is 5.10 Å². The fourth-order valence-electron chi connectivity index (χ4n) is 4.22. The molecule has 144 valence electrons. The summed E-state index contributed by atoms with van der Waals surface area (Å²) < 4.78 is 30.4. The molecule has 0 aromatic carbocycles. The number of anilines is 2. The number of rotatable bonds is 3. The van der Waals surface area contributed by atoms with Crippen molar-refractivity contribution in [2.75, 3.05) is 23.3 Å². The molecule has 0 bridgehead atoms. The lowest BCUT2D eigenvalue weighted by Gasteiger charge is -2.43. The minimum absolute atomic E-state index is 0.0720. The maximum absolute atomic E-state index is 14.3. The maximum atomic E-state index is 14.3. The van der Waals surface area contributed by atoms with Gasteiger partial charge in [0, 0.05) is 31.0 Å². The molecule has 2 aliphatic heterocycles. The van der Waals surface area contributed by atoms with Gasteiger partial charge in [0.1, 0.15) is 5.54 Å². The molecule has 1 saturated heterocycles. The summed E-state index contributed by atoms with van der Waals surface area (Å²) in [5.41, 5.74) is 0.722. The number of hydrogen-bond acceptors (Lipinski definition) is 6. The third kappa shape index (κ3) is 2.39. The number of hydrogen-bond donors (Lipinski definition) is 1. The summed E-state index contributed by atoms with van der Waals surface area (Å²) in [6, 6.07) is 3.21. The van der Waals surface area contributed by atoms with Crippen LogP contribution in [-0.4, -0.2) is 50.0 Å². The quantitative estimate of drug-likeness (QED) is 0.722. The van der Waals surface area contributed by atoms with Crippen LogP contribution in [0, 0.1) is 0 Å². The van der Waals surface area contributed by atoms with E-state index in [0.29, 0.717) is 18.1 Å². The van der Waals surface area contributed by atoms with Crippen LogP contribution in [0.3, 0.4) is 0 Å². The Morgan fingerprint density at radius 3 is 2.96 bits per heavy atom. The fourth-order valence-corrected chi connectivity index (χ4v) is 4.36. The van der Waals surface area contributed by atoms with Crippen LogP contribution in [0.5, 0.6) is 0 Å². The zero-order valence-electron chi connectivity index (χ0n) is 14.7. The normalized spacial score (nSPS) is 23.6. The first kappa shape index (κ1) is 17.3. The van der Waals surface area contributed by atoms with Crippen LogP contribution in [0.15, 0.2) is 31.1 Å². The third-order valence-corrected chi connectivity index (χ3v) is 5.77. The summed E-state index contributed by atoms with van der Waals surface area (Å²) in [5.74, 6) is 0.462. The van der Waals surface area contributed by atoms with Gasteiger partial charge in [0.25, 0.3) is 6.43 Å². The van der Waals surface area contributed by atoms with E-state index in [-0.39, 0.29) is 24.2 Å². The SMILES string of the molecule is C=Cc1cc2cnn([C@H]3CN4c5cc(Cl)nnc5NC[C@@]4(C(F)F)C3)c2cn1. The van der Waals surface area contributed by atoms with Crippen molar-refractivity contribution in [3.63, 3.8) is 0 Å². The van der Waals surface area contributed by atoms with Crippen LogP contribution in [-0.2, 0) is 0 Å². The van der Waals surface area contributed by atoms with Gasteiger partial charge in [-0.05, 0) is 12.1 Å². The fraction of sp³-hybridized carbons (Fsp3) is 0.333. The first-order valence-corrected chi connectivity index (χ1v) is 9.18. The molecule has 5 rings (SSSR count). The van der Waals surface area contributed by atoms with Gasteiger partial charge in [-0.25, -0.2) is 8.78 Å². The van der Waals surface area contributed by atoms with Crippen molar-refractivity contribution in [1.29, 1.82) is 0 Å². The summed E-state index contributed by atoms with van der Waals surface area (Å²) in [6.07, 6.45) is 2.77. The lowest BCUT2D eigenvalue weighted by atomic mass is 9.93. The van der Waals surface area contributed by atoms with Gasteiger partial charge in [0.2, 0.25) is 0 Å². The maximum Gasteiger partial charge on any atom is 0.263 e. The Hall–Kier alpha value is -2.81. The molecule has 7 nitrogen and oxygen atoms in total. The van der Waals surface area contributed by atoms with Crippen molar-refractivity contribution in [2.45, 2.75) is 24.4 Å². The van der Waals surface area contributed by atoms with E-state index in [9.17, 15) is 8.78 Å². The summed E-state index contributed by atoms with van der Waals surface area (Å²) >= 11 is 5.99. The second-order valence-electron chi connectivity index (χ2n) is 7.09. The topological polar surface area (TPSA) is 71.8 Å². The Bertz CT molecular complexity index is 1080. The molecule has 3 aromatic rings. The average Bonchev–Trinajstić information content (AvgIpc) is 3.29. The van der Waals surface area contributed by atoms with Gasteiger partial charge < -0.3 is 10.2 Å². The van der Waals surface area contributed by atoms with Gasteiger partial charge in [0.05, 0.1) is 35.3 Å².